The normalized spacial score (nSPS) is 20.6. The molecule has 0 bridgehead atoms. The van der Waals surface area contributed by atoms with Gasteiger partial charge in [-0.05, 0) is 19.5 Å². The van der Waals surface area contributed by atoms with Gasteiger partial charge in [0.25, 0.3) is 0 Å². The molecule has 0 unspecified atom stereocenters. The molecule has 1 saturated heterocycles. The summed E-state index contributed by atoms with van der Waals surface area (Å²) < 4.78 is 0. The van der Waals surface area contributed by atoms with E-state index in [0.717, 1.165) is 6.67 Å². The van der Waals surface area contributed by atoms with Crippen LogP contribution in [-0.4, -0.2) is 30.7 Å². The van der Waals surface area contributed by atoms with Crippen molar-refractivity contribution in [3.63, 3.8) is 0 Å². The first kappa shape index (κ1) is 16.3. The molecule has 1 aliphatic carbocycles. The van der Waals surface area contributed by atoms with Crippen LogP contribution in [0, 0.1) is 0 Å². The minimum absolute atomic E-state index is 0. The van der Waals surface area contributed by atoms with Crippen molar-refractivity contribution in [2.45, 2.75) is 44.9 Å². The van der Waals surface area contributed by atoms with Gasteiger partial charge in [-0.15, -0.1) is 0 Å². The molecule has 4 heteroatoms. The Morgan fingerprint density at radius 1 is 0.500 bits per heavy atom. The molecule has 0 aromatic carbocycles. The summed E-state index contributed by atoms with van der Waals surface area (Å²) in [6, 6.07) is 0. The molecule has 1 aliphatic heterocycles. The van der Waals surface area contributed by atoms with Gasteiger partial charge in [0, 0.05) is 6.67 Å². The van der Waals surface area contributed by atoms with Gasteiger partial charge in [0.1, 0.15) is 0 Å². The van der Waals surface area contributed by atoms with E-state index in [1.165, 1.54) is 58.0 Å². The summed E-state index contributed by atoms with van der Waals surface area (Å²) in [5.74, 6) is 0. The van der Waals surface area contributed by atoms with E-state index in [-0.39, 0.29) is 11.0 Å². The average Bonchev–Trinajstić information content (AvgIpc) is 2.24. The van der Waals surface area contributed by atoms with Gasteiger partial charge >= 0.3 is 0 Å². The van der Waals surface area contributed by atoms with Gasteiger partial charge in [-0.2, -0.15) is 0 Å². The largest absolute Gasteiger partial charge is 0.412 e. The Hall–Kier alpha value is -0.160. The highest BCUT2D eigenvalue weighted by atomic mass is 16.0. The van der Waals surface area contributed by atoms with Crippen LogP contribution in [0.25, 0.3) is 0 Å². The van der Waals surface area contributed by atoms with Gasteiger partial charge in [-0.25, -0.2) is 0 Å². The zero-order valence-corrected chi connectivity index (χ0v) is 9.07. The van der Waals surface area contributed by atoms with E-state index in [1.54, 1.807) is 0 Å². The molecule has 0 spiro atoms. The van der Waals surface area contributed by atoms with Gasteiger partial charge in [0.15, 0.2) is 0 Å². The van der Waals surface area contributed by atoms with Crippen LogP contribution in [0.15, 0.2) is 0 Å². The third-order valence-electron chi connectivity index (χ3n) is 2.46. The molecular weight excluding hydrogens is 180 g/mol. The molecule has 6 N–H and O–H groups in total. The van der Waals surface area contributed by atoms with Crippen molar-refractivity contribution in [3.8, 4) is 0 Å². The summed E-state index contributed by atoms with van der Waals surface area (Å²) in [5, 5.41) is 6.35. The molecule has 0 amide bonds. The van der Waals surface area contributed by atoms with Crippen molar-refractivity contribution in [1.82, 2.24) is 10.6 Å². The molecule has 0 radical (unpaired) electrons. The molecule has 14 heavy (non-hydrogen) atoms. The summed E-state index contributed by atoms with van der Waals surface area (Å²) in [4.78, 5) is 0. The highest BCUT2D eigenvalue weighted by Crippen LogP contribution is 2.15. The molecule has 2 fully saturated rings. The summed E-state index contributed by atoms with van der Waals surface area (Å²) in [5.41, 5.74) is 0. The van der Waals surface area contributed by atoms with E-state index in [4.69, 9.17) is 0 Å². The lowest BCUT2D eigenvalue weighted by Gasteiger charge is -2.11. The van der Waals surface area contributed by atoms with Crippen molar-refractivity contribution in [3.05, 3.63) is 0 Å². The van der Waals surface area contributed by atoms with Crippen molar-refractivity contribution >= 4 is 0 Å². The third-order valence-corrected chi connectivity index (χ3v) is 2.46. The SMILES string of the molecule is C1CCCCC1.C1CNCNC1.O.O. The third kappa shape index (κ3) is 9.92. The molecule has 88 valence electrons. The van der Waals surface area contributed by atoms with Gasteiger partial charge in [0.2, 0.25) is 0 Å². The first-order valence-electron chi connectivity index (χ1n) is 5.41. The maximum Gasteiger partial charge on any atom is 0.0454 e. The molecule has 0 aromatic rings. The fourth-order valence-electron chi connectivity index (χ4n) is 1.66. The van der Waals surface area contributed by atoms with E-state index >= 15 is 0 Å². The predicted octanol–water partition coefficient (Wildman–Crippen LogP) is 0.218. The second-order valence-corrected chi connectivity index (χ2v) is 3.65. The molecular formula is C10H26N2O2. The van der Waals surface area contributed by atoms with Crippen molar-refractivity contribution in [2.75, 3.05) is 19.8 Å². The Morgan fingerprint density at radius 2 is 0.857 bits per heavy atom. The van der Waals surface area contributed by atoms with E-state index in [1.807, 2.05) is 0 Å². The van der Waals surface area contributed by atoms with Crippen LogP contribution in [0.4, 0.5) is 0 Å². The molecule has 1 saturated carbocycles. The van der Waals surface area contributed by atoms with Gasteiger partial charge in [-0.3, -0.25) is 0 Å². The maximum atomic E-state index is 3.17. The highest BCUT2D eigenvalue weighted by Gasteiger charge is 1.95. The van der Waals surface area contributed by atoms with Crippen LogP contribution < -0.4 is 10.6 Å². The van der Waals surface area contributed by atoms with E-state index in [2.05, 4.69) is 10.6 Å². The number of hydrogen-bond donors (Lipinski definition) is 2. The van der Waals surface area contributed by atoms with Gasteiger partial charge in [-0.1, -0.05) is 38.5 Å². The summed E-state index contributed by atoms with van der Waals surface area (Å²) >= 11 is 0. The van der Waals surface area contributed by atoms with Gasteiger partial charge in [0.05, 0.1) is 0 Å². The smallest absolute Gasteiger partial charge is 0.0454 e. The average molecular weight is 206 g/mol. The predicted molar refractivity (Wildman–Crippen MR) is 60.4 cm³/mol. The Morgan fingerprint density at radius 3 is 1.00 bits per heavy atom. The maximum absolute atomic E-state index is 3.17. The first-order valence-corrected chi connectivity index (χ1v) is 5.41. The lowest BCUT2D eigenvalue weighted by Crippen LogP contribution is -2.37. The number of rotatable bonds is 0. The standard InChI is InChI=1S/C6H12.C4H10N2.2H2O/c1-2-4-6-5-3-1;1-2-5-4-6-3-1;;/h1-6H2;5-6H,1-4H2;2*1H2. The van der Waals surface area contributed by atoms with Crippen molar-refractivity contribution in [2.24, 2.45) is 0 Å². The topological polar surface area (TPSA) is 87.1 Å². The molecule has 0 aromatic heterocycles. The Bertz CT molecular complexity index is 59.1. The number of hydrogen-bond acceptors (Lipinski definition) is 2. The van der Waals surface area contributed by atoms with Crippen LogP contribution in [0.1, 0.15) is 44.9 Å². The second-order valence-electron chi connectivity index (χ2n) is 3.65. The fourth-order valence-corrected chi connectivity index (χ4v) is 1.66. The summed E-state index contributed by atoms with van der Waals surface area (Å²) in [6.07, 6.45) is 10.3. The van der Waals surface area contributed by atoms with E-state index in [9.17, 15) is 0 Å². The van der Waals surface area contributed by atoms with Crippen LogP contribution in [0.2, 0.25) is 0 Å². The van der Waals surface area contributed by atoms with Crippen molar-refractivity contribution < 1.29 is 11.0 Å². The molecule has 0 atom stereocenters. The number of nitrogens with one attached hydrogen (secondary N) is 2. The highest BCUT2D eigenvalue weighted by molar-refractivity contribution is 4.54. The van der Waals surface area contributed by atoms with Crippen LogP contribution in [-0.2, 0) is 0 Å². The Kier molecular flexibility index (Phi) is 14.9. The minimum atomic E-state index is 0. The van der Waals surface area contributed by atoms with Gasteiger partial charge < -0.3 is 21.6 Å². The molecule has 2 rings (SSSR count). The zero-order valence-electron chi connectivity index (χ0n) is 9.07. The fraction of sp³-hybridized carbons (Fsp3) is 1.00. The van der Waals surface area contributed by atoms with Crippen LogP contribution in [0.5, 0.6) is 0 Å². The molecule has 1 heterocycles. The minimum Gasteiger partial charge on any atom is -0.412 e. The van der Waals surface area contributed by atoms with Crippen LogP contribution in [0.3, 0.4) is 0 Å². The Balaban J connectivity index is 0. The summed E-state index contributed by atoms with van der Waals surface area (Å²) in [6.45, 7) is 3.38. The van der Waals surface area contributed by atoms with Crippen LogP contribution >= 0.6 is 0 Å². The lowest BCUT2D eigenvalue weighted by atomic mass is 10.0. The van der Waals surface area contributed by atoms with E-state index in [0.29, 0.717) is 0 Å². The Labute approximate surface area is 87.1 Å². The molecule has 4 nitrogen and oxygen atoms in total. The molecule has 2 aliphatic rings. The van der Waals surface area contributed by atoms with E-state index < -0.39 is 0 Å². The zero-order chi connectivity index (χ0) is 8.49. The quantitative estimate of drug-likeness (QED) is 0.594. The summed E-state index contributed by atoms with van der Waals surface area (Å²) in [7, 11) is 0. The lowest BCUT2D eigenvalue weighted by molar-refractivity contribution is 0.496. The first-order chi connectivity index (χ1) is 6.00. The second kappa shape index (κ2) is 12.8. The van der Waals surface area contributed by atoms with Crippen molar-refractivity contribution in [1.29, 1.82) is 0 Å². The monoisotopic (exact) mass is 206 g/mol.